The summed E-state index contributed by atoms with van der Waals surface area (Å²) in [5.74, 6) is -6.05. The lowest BCUT2D eigenvalue weighted by Gasteiger charge is -2.34. The molecule has 6 rings (SSSR count). The molecule has 0 atom stereocenters. The summed E-state index contributed by atoms with van der Waals surface area (Å²) in [4.78, 5) is 60.0. The van der Waals surface area contributed by atoms with Crippen molar-refractivity contribution in [1.82, 2.24) is 18.9 Å². The van der Waals surface area contributed by atoms with Gasteiger partial charge in [-0.05, 0) is 40.1 Å². The van der Waals surface area contributed by atoms with Crippen LogP contribution in [0.1, 0.15) is 34.6 Å². The van der Waals surface area contributed by atoms with Crippen LogP contribution >= 0.6 is 0 Å². The quantitative estimate of drug-likeness (QED) is 0.188. The van der Waals surface area contributed by atoms with Gasteiger partial charge in [-0.3, -0.25) is 9.59 Å². The molecule has 0 unspecified atom stereocenters. The zero-order valence-corrected chi connectivity index (χ0v) is 29.4. The van der Waals surface area contributed by atoms with Crippen LogP contribution in [0.2, 0.25) is 0 Å². The van der Waals surface area contributed by atoms with E-state index in [9.17, 15) is 19.2 Å². The number of piperazine rings is 2. The number of aromatic nitrogens is 2. The van der Waals surface area contributed by atoms with Gasteiger partial charge in [-0.2, -0.15) is 0 Å². The van der Waals surface area contributed by atoms with Gasteiger partial charge >= 0.3 is 11.9 Å². The van der Waals surface area contributed by atoms with Crippen molar-refractivity contribution >= 4 is 45.1 Å². The fourth-order valence-corrected chi connectivity index (χ4v) is 6.87. The van der Waals surface area contributed by atoms with Crippen molar-refractivity contribution < 1.29 is 36.6 Å². The van der Waals surface area contributed by atoms with Crippen LogP contribution in [0, 0.1) is 23.3 Å². The van der Waals surface area contributed by atoms with Crippen LogP contribution in [0.4, 0.5) is 28.9 Å². The molecular formula is C36H40F4N6O6. The van der Waals surface area contributed by atoms with Crippen LogP contribution in [-0.2, 0) is 22.6 Å². The topological polar surface area (TPSA) is 110 Å². The molecule has 2 aliphatic heterocycles. The van der Waals surface area contributed by atoms with Crippen LogP contribution in [0.15, 0.2) is 34.1 Å². The molecule has 0 N–H and O–H groups in total. The molecule has 0 radical (unpaired) electrons. The Kier molecular flexibility index (Phi) is 10.6. The number of benzene rings is 2. The zero-order valence-electron chi connectivity index (χ0n) is 29.4. The van der Waals surface area contributed by atoms with Gasteiger partial charge in [-0.25, -0.2) is 27.2 Å². The molecule has 4 heterocycles. The highest BCUT2D eigenvalue weighted by atomic mass is 19.1. The van der Waals surface area contributed by atoms with E-state index in [2.05, 4.69) is 0 Å². The van der Waals surface area contributed by atoms with Gasteiger partial charge in [0.15, 0.2) is 11.6 Å². The number of carbonyl (C=O) groups is 2. The van der Waals surface area contributed by atoms with Gasteiger partial charge in [-0.15, -0.1) is 0 Å². The first-order chi connectivity index (χ1) is 24.9. The van der Waals surface area contributed by atoms with Crippen LogP contribution in [0.3, 0.4) is 0 Å². The molecule has 2 aromatic carbocycles. The highest BCUT2D eigenvalue weighted by Gasteiger charge is 2.29. The standard InChI is InChI=1S/C36H40F4N6O6/c1-5-51-35(49)23-19-45(29-21(33(23)47)17-25(37)31(27(29)39)43-11-7-41(3)8-12-43)15-16-46-20-24(36(50)52-6-2)34(48)22-18-26(38)32(28(40)30(22)46)44-13-9-42(4)10-14-44/h17-20H,5-16H2,1-4H3. The van der Waals surface area contributed by atoms with E-state index in [1.165, 1.54) is 23.0 Å². The normalized spacial score (nSPS) is 15.8. The van der Waals surface area contributed by atoms with E-state index in [4.69, 9.17) is 9.47 Å². The third-order valence-corrected chi connectivity index (χ3v) is 9.67. The highest BCUT2D eigenvalue weighted by Crippen LogP contribution is 2.33. The average Bonchev–Trinajstić information content (AvgIpc) is 3.10. The minimum Gasteiger partial charge on any atom is -0.462 e. The number of likely N-dealkylation sites (N-methyl/N-ethyl adjacent to an activating group) is 2. The Morgan fingerprint density at radius 1 is 0.615 bits per heavy atom. The van der Waals surface area contributed by atoms with Gasteiger partial charge in [0.1, 0.15) is 34.1 Å². The number of hydrogen-bond acceptors (Lipinski definition) is 10. The maximum Gasteiger partial charge on any atom is 0.343 e. The number of hydrogen-bond donors (Lipinski definition) is 0. The Morgan fingerprint density at radius 2 is 0.962 bits per heavy atom. The van der Waals surface area contributed by atoms with Crippen molar-refractivity contribution in [2.45, 2.75) is 26.9 Å². The molecule has 2 saturated heterocycles. The number of aryl methyl sites for hydroxylation is 2. The van der Waals surface area contributed by atoms with Gasteiger partial charge in [0, 0.05) is 77.8 Å². The molecule has 4 aromatic rings. The van der Waals surface area contributed by atoms with E-state index in [-0.39, 0.29) is 48.7 Å². The number of carbonyl (C=O) groups excluding carboxylic acids is 2. The summed E-state index contributed by atoms with van der Waals surface area (Å²) in [7, 11) is 3.77. The Hall–Kier alpha value is -4.96. The van der Waals surface area contributed by atoms with Gasteiger partial charge in [0.25, 0.3) is 0 Å². The predicted molar refractivity (Wildman–Crippen MR) is 188 cm³/mol. The fraction of sp³-hybridized carbons (Fsp3) is 0.444. The van der Waals surface area contributed by atoms with Crippen molar-refractivity contribution in [2.75, 3.05) is 89.5 Å². The molecule has 2 fully saturated rings. The van der Waals surface area contributed by atoms with E-state index in [0.717, 1.165) is 24.5 Å². The zero-order chi connectivity index (χ0) is 37.4. The van der Waals surface area contributed by atoms with Gasteiger partial charge in [0.2, 0.25) is 10.9 Å². The molecule has 2 aromatic heterocycles. The van der Waals surface area contributed by atoms with E-state index < -0.39 is 68.0 Å². The third kappa shape index (κ3) is 6.72. The molecule has 0 bridgehead atoms. The van der Waals surface area contributed by atoms with Crippen LogP contribution in [0.25, 0.3) is 21.8 Å². The molecule has 278 valence electrons. The van der Waals surface area contributed by atoms with Crippen molar-refractivity contribution in [2.24, 2.45) is 0 Å². The minimum atomic E-state index is -1.03. The number of fused-ring (bicyclic) bond motifs is 2. The summed E-state index contributed by atoms with van der Waals surface area (Å²) in [6.07, 6.45) is 2.19. The number of esters is 2. The van der Waals surface area contributed by atoms with Crippen molar-refractivity contribution in [3.8, 4) is 0 Å². The molecule has 12 nitrogen and oxygen atoms in total. The smallest absolute Gasteiger partial charge is 0.343 e. The fourth-order valence-electron chi connectivity index (χ4n) is 6.87. The molecule has 52 heavy (non-hydrogen) atoms. The minimum absolute atomic E-state index is 0.0765. The van der Waals surface area contributed by atoms with Gasteiger partial charge in [0.05, 0.1) is 35.0 Å². The lowest BCUT2D eigenvalue weighted by molar-refractivity contribution is 0.0514. The Labute approximate surface area is 296 Å². The number of pyridine rings is 2. The third-order valence-electron chi connectivity index (χ3n) is 9.67. The second-order valence-corrected chi connectivity index (χ2v) is 13.0. The number of anilines is 2. The first-order valence-electron chi connectivity index (χ1n) is 17.2. The van der Waals surface area contributed by atoms with Crippen molar-refractivity contribution in [3.63, 3.8) is 0 Å². The average molecular weight is 729 g/mol. The second kappa shape index (κ2) is 14.9. The predicted octanol–water partition coefficient (Wildman–Crippen LogP) is 3.43. The van der Waals surface area contributed by atoms with Gasteiger partial charge in [-0.1, -0.05) is 0 Å². The number of rotatable bonds is 9. The summed E-state index contributed by atoms with van der Waals surface area (Å²) in [5, 5.41) is -0.831. The first-order valence-corrected chi connectivity index (χ1v) is 17.2. The first kappa shape index (κ1) is 36.8. The Bertz CT molecular complexity index is 2020. The van der Waals surface area contributed by atoms with E-state index in [1.54, 1.807) is 9.80 Å². The molecule has 0 amide bonds. The van der Waals surface area contributed by atoms with E-state index in [1.807, 2.05) is 23.9 Å². The van der Waals surface area contributed by atoms with Crippen molar-refractivity contribution in [3.05, 3.63) is 79.4 Å². The molecule has 16 heteroatoms. The van der Waals surface area contributed by atoms with Gasteiger partial charge < -0.3 is 38.2 Å². The number of ether oxygens (including phenoxy) is 2. The molecular weight excluding hydrogens is 688 g/mol. The summed E-state index contributed by atoms with van der Waals surface area (Å²) < 4.78 is 77.2. The maximum absolute atomic E-state index is 16.6. The molecule has 0 spiro atoms. The maximum atomic E-state index is 16.6. The molecule has 2 aliphatic rings. The van der Waals surface area contributed by atoms with Crippen LogP contribution in [-0.4, -0.2) is 111 Å². The second-order valence-electron chi connectivity index (χ2n) is 13.0. The SMILES string of the molecule is CCOC(=O)c1cn(CCn2cc(C(=O)OCC)c(=O)c3cc(F)c(N4CCN(C)CC4)c(F)c32)c2c(F)c(N3CCN(C)CC3)c(F)cc2c1=O. The Morgan fingerprint density at radius 3 is 1.29 bits per heavy atom. The summed E-state index contributed by atoms with van der Waals surface area (Å²) in [5.41, 5.74) is -4.15. The number of nitrogens with zero attached hydrogens (tertiary/aromatic N) is 6. The van der Waals surface area contributed by atoms with Crippen molar-refractivity contribution in [1.29, 1.82) is 0 Å². The summed E-state index contributed by atoms with van der Waals surface area (Å²) >= 11 is 0. The monoisotopic (exact) mass is 728 g/mol. The summed E-state index contributed by atoms with van der Waals surface area (Å²) in [6, 6.07) is 1.79. The lowest BCUT2D eigenvalue weighted by atomic mass is 10.1. The summed E-state index contributed by atoms with van der Waals surface area (Å²) in [6.45, 7) is 5.75. The molecule has 0 aliphatic carbocycles. The largest absolute Gasteiger partial charge is 0.462 e. The molecule has 0 saturated carbocycles. The van der Waals surface area contributed by atoms with E-state index in [0.29, 0.717) is 52.4 Å². The van der Waals surface area contributed by atoms with Crippen LogP contribution < -0.4 is 20.7 Å². The van der Waals surface area contributed by atoms with Crippen LogP contribution in [0.5, 0.6) is 0 Å². The Balaban J connectivity index is 1.54. The lowest BCUT2D eigenvalue weighted by Crippen LogP contribution is -2.45. The van der Waals surface area contributed by atoms with E-state index >= 15 is 17.6 Å². The highest BCUT2D eigenvalue weighted by molar-refractivity contribution is 5.96. The number of halogens is 4.